The van der Waals surface area contributed by atoms with Crippen molar-refractivity contribution in [2.24, 2.45) is 0 Å². The molecule has 0 aliphatic heterocycles. The average Bonchev–Trinajstić information content (AvgIpc) is 2.52. The summed E-state index contributed by atoms with van der Waals surface area (Å²) in [5.74, 6) is 0.981. The monoisotopic (exact) mass is 443 g/mol. The number of methoxy groups -OCH3 is 2. The van der Waals surface area contributed by atoms with Gasteiger partial charge in [0.15, 0.2) is 0 Å². The van der Waals surface area contributed by atoms with E-state index in [2.05, 4.69) is 31.9 Å². The molecule has 0 N–H and O–H groups in total. The lowest BCUT2D eigenvalue weighted by Gasteiger charge is -2.18. The van der Waals surface area contributed by atoms with Crippen LogP contribution in [0.1, 0.15) is 17.0 Å². The van der Waals surface area contributed by atoms with Gasteiger partial charge in [-0.05, 0) is 35.4 Å². The highest BCUT2D eigenvalue weighted by molar-refractivity contribution is 9.11. The molecule has 0 radical (unpaired) electrons. The van der Waals surface area contributed by atoms with Crippen LogP contribution in [-0.2, 0) is 0 Å². The Kier molecular flexibility index (Phi) is 6.01. The fourth-order valence-electron chi connectivity index (χ4n) is 2.36. The van der Waals surface area contributed by atoms with Gasteiger partial charge in [-0.3, -0.25) is 10.1 Å². The van der Waals surface area contributed by atoms with Crippen LogP contribution in [0.25, 0.3) is 0 Å². The van der Waals surface area contributed by atoms with Crippen LogP contribution in [-0.4, -0.2) is 25.7 Å². The molecule has 2 rings (SSSR count). The Hall–Kier alpha value is -1.60. The average molecular weight is 445 g/mol. The number of hydrogen-bond donors (Lipinski definition) is 0. The van der Waals surface area contributed by atoms with Crippen LogP contribution >= 0.6 is 31.9 Å². The summed E-state index contributed by atoms with van der Waals surface area (Å²) in [6.45, 7) is -0.212. The quantitative estimate of drug-likeness (QED) is 0.481. The molecule has 0 fully saturated rings. The van der Waals surface area contributed by atoms with Crippen molar-refractivity contribution in [1.82, 2.24) is 0 Å². The summed E-state index contributed by atoms with van der Waals surface area (Å²) in [6, 6.07) is 10.9. The molecule has 0 aliphatic rings. The van der Waals surface area contributed by atoms with E-state index in [1.807, 2.05) is 12.1 Å². The van der Waals surface area contributed by atoms with Crippen molar-refractivity contribution in [2.45, 2.75) is 5.92 Å². The number of nitro groups is 1. The Labute approximate surface area is 151 Å². The molecular formula is C16H15Br2NO4. The molecule has 1 unspecified atom stereocenters. The van der Waals surface area contributed by atoms with E-state index in [-0.39, 0.29) is 11.5 Å². The van der Waals surface area contributed by atoms with Crippen molar-refractivity contribution in [3.63, 3.8) is 0 Å². The predicted molar refractivity (Wildman–Crippen MR) is 95.1 cm³/mol. The van der Waals surface area contributed by atoms with Gasteiger partial charge in [0.05, 0.1) is 20.1 Å². The fourth-order valence-corrected chi connectivity index (χ4v) is 4.06. The lowest BCUT2D eigenvalue weighted by Crippen LogP contribution is -2.15. The Morgan fingerprint density at radius 3 is 2.00 bits per heavy atom. The van der Waals surface area contributed by atoms with Crippen LogP contribution in [0.2, 0.25) is 0 Å². The molecule has 2 aromatic carbocycles. The second-order valence-corrected chi connectivity index (χ2v) is 6.55. The summed E-state index contributed by atoms with van der Waals surface area (Å²) < 4.78 is 11.9. The summed E-state index contributed by atoms with van der Waals surface area (Å²) >= 11 is 6.99. The Bertz CT molecular complexity index is 681. The first kappa shape index (κ1) is 17.7. The van der Waals surface area contributed by atoms with Gasteiger partial charge in [0.1, 0.15) is 11.5 Å². The fraction of sp³-hybridized carbons (Fsp3) is 0.250. The Balaban J connectivity index is 2.52. The highest BCUT2D eigenvalue weighted by atomic mass is 79.9. The summed E-state index contributed by atoms with van der Waals surface area (Å²) in [6.07, 6.45) is 0. The molecule has 0 saturated heterocycles. The van der Waals surface area contributed by atoms with Crippen LogP contribution in [0.4, 0.5) is 0 Å². The summed E-state index contributed by atoms with van der Waals surface area (Å²) in [5, 5.41) is 11.2. The molecule has 23 heavy (non-hydrogen) atoms. The minimum atomic E-state index is -0.398. The molecule has 0 amide bonds. The lowest BCUT2D eigenvalue weighted by molar-refractivity contribution is -0.481. The number of halogens is 2. The third-order valence-corrected chi connectivity index (χ3v) is 4.80. The van der Waals surface area contributed by atoms with Crippen LogP contribution < -0.4 is 9.47 Å². The second-order valence-electron chi connectivity index (χ2n) is 4.85. The molecular weight excluding hydrogens is 430 g/mol. The minimum Gasteiger partial charge on any atom is -0.497 e. The highest BCUT2D eigenvalue weighted by Crippen LogP contribution is 2.39. The van der Waals surface area contributed by atoms with Crippen molar-refractivity contribution in [1.29, 1.82) is 0 Å². The first-order valence-corrected chi connectivity index (χ1v) is 8.33. The van der Waals surface area contributed by atoms with Gasteiger partial charge in [0.2, 0.25) is 6.54 Å². The molecule has 0 bridgehead atoms. The predicted octanol–water partition coefficient (Wildman–Crippen LogP) is 4.64. The zero-order valence-corrected chi connectivity index (χ0v) is 15.8. The first-order valence-electron chi connectivity index (χ1n) is 6.75. The van der Waals surface area contributed by atoms with Gasteiger partial charge < -0.3 is 9.47 Å². The van der Waals surface area contributed by atoms with E-state index in [0.717, 1.165) is 20.1 Å². The zero-order chi connectivity index (χ0) is 17.0. The van der Waals surface area contributed by atoms with E-state index >= 15 is 0 Å². The smallest absolute Gasteiger partial charge is 0.214 e. The molecule has 5 nitrogen and oxygen atoms in total. The van der Waals surface area contributed by atoms with Crippen LogP contribution in [0, 0.1) is 10.1 Å². The largest absolute Gasteiger partial charge is 0.497 e. The van der Waals surface area contributed by atoms with E-state index in [0.29, 0.717) is 11.5 Å². The van der Waals surface area contributed by atoms with Gasteiger partial charge in [-0.25, -0.2) is 0 Å². The van der Waals surface area contributed by atoms with Crippen molar-refractivity contribution in [3.8, 4) is 11.5 Å². The van der Waals surface area contributed by atoms with Crippen molar-refractivity contribution < 1.29 is 14.4 Å². The SMILES string of the molecule is COc1ccc(C(C[N+](=O)[O-])c2c(Br)cc(OC)cc2Br)cc1. The number of rotatable bonds is 6. The van der Waals surface area contributed by atoms with Crippen LogP contribution in [0.15, 0.2) is 45.3 Å². The van der Waals surface area contributed by atoms with Crippen LogP contribution in [0.3, 0.4) is 0 Å². The maximum atomic E-state index is 11.2. The topological polar surface area (TPSA) is 61.6 Å². The van der Waals surface area contributed by atoms with Gasteiger partial charge in [0, 0.05) is 13.9 Å². The lowest BCUT2D eigenvalue weighted by atomic mass is 9.91. The zero-order valence-electron chi connectivity index (χ0n) is 12.6. The third kappa shape index (κ3) is 4.23. The molecule has 0 saturated carbocycles. The van der Waals surface area contributed by atoms with Gasteiger partial charge in [-0.1, -0.05) is 44.0 Å². The van der Waals surface area contributed by atoms with E-state index in [1.165, 1.54) is 0 Å². The molecule has 0 aromatic heterocycles. The summed E-state index contributed by atoms with van der Waals surface area (Å²) in [5.41, 5.74) is 1.65. The summed E-state index contributed by atoms with van der Waals surface area (Å²) in [7, 11) is 3.16. The first-order chi connectivity index (χ1) is 11.0. The standard InChI is InChI=1S/C16H15Br2NO4/c1-22-11-5-3-10(4-6-11)13(9-19(20)21)16-14(17)7-12(23-2)8-15(16)18/h3-8,13H,9H2,1-2H3. The van der Waals surface area contributed by atoms with E-state index < -0.39 is 5.92 Å². The number of hydrogen-bond acceptors (Lipinski definition) is 4. The molecule has 0 heterocycles. The third-order valence-electron chi connectivity index (χ3n) is 3.49. The normalized spacial score (nSPS) is 11.8. The molecule has 0 spiro atoms. The van der Waals surface area contributed by atoms with Gasteiger partial charge >= 0.3 is 0 Å². The van der Waals surface area contributed by atoms with Gasteiger partial charge in [0.25, 0.3) is 0 Å². The molecule has 7 heteroatoms. The van der Waals surface area contributed by atoms with Crippen molar-refractivity contribution in [2.75, 3.05) is 20.8 Å². The minimum absolute atomic E-state index is 0.212. The highest BCUT2D eigenvalue weighted by Gasteiger charge is 2.25. The van der Waals surface area contributed by atoms with Crippen LogP contribution in [0.5, 0.6) is 11.5 Å². The maximum Gasteiger partial charge on any atom is 0.214 e. The Morgan fingerprint density at radius 2 is 1.57 bits per heavy atom. The Morgan fingerprint density at radius 1 is 1.04 bits per heavy atom. The molecule has 2 aromatic rings. The van der Waals surface area contributed by atoms with Crippen molar-refractivity contribution >= 4 is 31.9 Å². The van der Waals surface area contributed by atoms with Crippen molar-refractivity contribution in [3.05, 3.63) is 66.6 Å². The van der Waals surface area contributed by atoms with Gasteiger partial charge in [-0.15, -0.1) is 0 Å². The summed E-state index contributed by atoms with van der Waals surface area (Å²) in [4.78, 5) is 10.8. The maximum absolute atomic E-state index is 11.2. The van der Waals surface area contributed by atoms with E-state index in [1.54, 1.807) is 38.5 Å². The number of benzene rings is 2. The van der Waals surface area contributed by atoms with E-state index in [9.17, 15) is 10.1 Å². The number of nitrogens with zero attached hydrogens (tertiary/aromatic N) is 1. The molecule has 1 atom stereocenters. The second kappa shape index (κ2) is 7.79. The number of ether oxygens (including phenoxy) is 2. The van der Waals surface area contributed by atoms with Gasteiger partial charge in [-0.2, -0.15) is 0 Å². The van der Waals surface area contributed by atoms with E-state index in [4.69, 9.17) is 9.47 Å². The molecule has 0 aliphatic carbocycles. The molecule has 122 valence electrons.